The molecular weight excluding hydrogens is 288 g/mol. The zero-order valence-corrected chi connectivity index (χ0v) is 14.6. The van der Waals surface area contributed by atoms with E-state index in [9.17, 15) is 9.90 Å². The maximum Gasteiger partial charge on any atom is 0.249 e. The van der Waals surface area contributed by atoms with Gasteiger partial charge < -0.3 is 10.4 Å². The van der Waals surface area contributed by atoms with Gasteiger partial charge in [0.25, 0.3) is 0 Å². The van der Waals surface area contributed by atoms with Crippen molar-refractivity contribution in [3.63, 3.8) is 0 Å². The molecule has 1 atom stereocenters. The molecule has 1 aliphatic heterocycles. The van der Waals surface area contributed by atoms with Gasteiger partial charge in [-0.1, -0.05) is 38.5 Å². The third-order valence-corrected chi connectivity index (χ3v) is 6.52. The van der Waals surface area contributed by atoms with Gasteiger partial charge in [-0.15, -0.1) is 0 Å². The van der Waals surface area contributed by atoms with E-state index in [0.29, 0.717) is 0 Å². The molecule has 0 aromatic carbocycles. The highest BCUT2D eigenvalue weighted by Gasteiger charge is 2.40. The van der Waals surface area contributed by atoms with Crippen molar-refractivity contribution in [3.05, 3.63) is 0 Å². The largest absolute Gasteiger partial charge is 0.383 e. The SMILES string of the molecule is O=C(NCC1(N2CCCCC2)CCCC1)C(O)C1CCCCC1. The van der Waals surface area contributed by atoms with E-state index < -0.39 is 6.10 Å². The van der Waals surface area contributed by atoms with Crippen LogP contribution in [-0.2, 0) is 4.79 Å². The molecule has 1 unspecified atom stereocenters. The number of nitrogens with zero attached hydrogens (tertiary/aromatic N) is 1. The van der Waals surface area contributed by atoms with Gasteiger partial charge in [-0.05, 0) is 57.5 Å². The van der Waals surface area contributed by atoms with Gasteiger partial charge in [-0.2, -0.15) is 0 Å². The number of carbonyl (C=O) groups is 1. The first-order valence-electron chi connectivity index (χ1n) is 9.92. The number of hydrogen-bond donors (Lipinski definition) is 2. The van der Waals surface area contributed by atoms with Crippen LogP contribution in [0.5, 0.6) is 0 Å². The minimum absolute atomic E-state index is 0.125. The molecule has 23 heavy (non-hydrogen) atoms. The molecule has 3 rings (SSSR count). The molecule has 0 radical (unpaired) electrons. The van der Waals surface area contributed by atoms with Crippen molar-refractivity contribution in [2.24, 2.45) is 5.92 Å². The summed E-state index contributed by atoms with van der Waals surface area (Å²) in [4.78, 5) is 15.1. The number of hydrogen-bond acceptors (Lipinski definition) is 3. The van der Waals surface area contributed by atoms with Crippen molar-refractivity contribution in [2.45, 2.75) is 88.7 Å². The Kier molecular flexibility index (Phi) is 5.97. The molecule has 3 aliphatic rings. The number of rotatable bonds is 5. The minimum Gasteiger partial charge on any atom is -0.383 e. The lowest BCUT2D eigenvalue weighted by atomic mass is 9.85. The molecule has 4 heteroatoms. The number of aliphatic hydroxyl groups excluding tert-OH is 1. The lowest BCUT2D eigenvalue weighted by Gasteiger charge is -2.44. The molecule has 1 amide bonds. The second-order valence-electron chi connectivity index (χ2n) is 8.04. The second kappa shape index (κ2) is 7.98. The lowest BCUT2D eigenvalue weighted by molar-refractivity contribution is -0.133. The quantitative estimate of drug-likeness (QED) is 0.818. The van der Waals surface area contributed by atoms with Crippen LogP contribution in [0.4, 0.5) is 0 Å². The Bertz CT molecular complexity index is 381. The summed E-state index contributed by atoms with van der Waals surface area (Å²) in [6.07, 6.45) is 13.7. The van der Waals surface area contributed by atoms with E-state index in [1.54, 1.807) is 0 Å². The summed E-state index contributed by atoms with van der Waals surface area (Å²) in [5.41, 5.74) is 0.169. The molecule has 1 saturated heterocycles. The second-order valence-corrected chi connectivity index (χ2v) is 8.04. The zero-order chi connectivity index (χ0) is 16.1. The molecule has 2 saturated carbocycles. The van der Waals surface area contributed by atoms with Gasteiger partial charge in [0.1, 0.15) is 6.10 Å². The molecular formula is C19H34N2O2. The summed E-state index contributed by atoms with van der Waals surface area (Å²) in [6.45, 7) is 3.09. The van der Waals surface area contributed by atoms with Crippen molar-refractivity contribution in [1.82, 2.24) is 10.2 Å². The number of aliphatic hydroxyl groups is 1. The molecule has 0 bridgehead atoms. The number of piperidine rings is 1. The van der Waals surface area contributed by atoms with E-state index in [2.05, 4.69) is 10.2 Å². The maximum absolute atomic E-state index is 12.4. The summed E-state index contributed by atoms with van der Waals surface area (Å²) in [7, 11) is 0. The summed E-state index contributed by atoms with van der Waals surface area (Å²) >= 11 is 0. The van der Waals surface area contributed by atoms with Crippen LogP contribution in [0, 0.1) is 5.92 Å². The van der Waals surface area contributed by atoms with Crippen LogP contribution in [0.2, 0.25) is 0 Å². The van der Waals surface area contributed by atoms with E-state index >= 15 is 0 Å². The van der Waals surface area contributed by atoms with Crippen LogP contribution in [0.3, 0.4) is 0 Å². The fourth-order valence-corrected chi connectivity index (χ4v) is 5.03. The van der Waals surface area contributed by atoms with Gasteiger partial charge in [-0.3, -0.25) is 9.69 Å². The fraction of sp³-hybridized carbons (Fsp3) is 0.947. The Morgan fingerprint density at radius 1 is 1.00 bits per heavy atom. The molecule has 3 fully saturated rings. The smallest absolute Gasteiger partial charge is 0.249 e. The molecule has 2 aliphatic carbocycles. The molecule has 1 heterocycles. The average Bonchev–Trinajstić information content (AvgIpc) is 3.11. The summed E-state index contributed by atoms with van der Waals surface area (Å²) in [5, 5.41) is 13.5. The summed E-state index contributed by atoms with van der Waals surface area (Å²) < 4.78 is 0. The van der Waals surface area contributed by atoms with E-state index in [-0.39, 0.29) is 17.4 Å². The first kappa shape index (κ1) is 17.2. The third-order valence-electron chi connectivity index (χ3n) is 6.52. The van der Waals surface area contributed by atoms with Crippen LogP contribution in [0.25, 0.3) is 0 Å². The first-order valence-corrected chi connectivity index (χ1v) is 9.92. The molecule has 0 aromatic heterocycles. The van der Waals surface area contributed by atoms with Gasteiger partial charge in [0, 0.05) is 12.1 Å². The Labute approximate surface area is 141 Å². The Balaban J connectivity index is 1.54. The van der Waals surface area contributed by atoms with Gasteiger partial charge >= 0.3 is 0 Å². The minimum atomic E-state index is -0.796. The predicted molar refractivity (Wildman–Crippen MR) is 92.2 cm³/mol. The van der Waals surface area contributed by atoms with Crippen LogP contribution >= 0.6 is 0 Å². The van der Waals surface area contributed by atoms with Crippen molar-refractivity contribution in [3.8, 4) is 0 Å². The van der Waals surface area contributed by atoms with Crippen molar-refractivity contribution < 1.29 is 9.90 Å². The normalized spacial score (nSPS) is 27.7. The third kappa shape index (κ3) is 4.08. The van der Waals surface area contributed by atoms with Gasteiger partial charge in [0.2, 0.25) is 5.91 Å². The number of amides is 1. The highest BCUT2D eigenvalue weighted by molar-refractivity contribution is 5.80. The Morgan fingerprint density at radius 3 is 2.26 bits per heavy atom. The zero-order valence-electron chi connectivity index (χ0n) is 14.6. The number of likely N-dealkylation sites (tertiary alicyclic amines) is 1. The van der Waals surface area contributed by atoms with Crippen molar-refractivity contribution in [1.29, 1.82) is 0 Å². The first-order chi connectivity index (χ1) is 11.2. The Morgan fingerprint density at radius 2 is 1.61 bits per heavy atom. The van der Waals surface area contributed by atoms with Crippen LogP contribution in [-0.4, -0.2) is 47.2 Å². The number of carbonyl (C=O) groups excluding carboxylic acids is 1. The van der Waals surface area contributed by atoms with Gasteiger partial charge in [0.15, 0.2) is 0 Å². The highest BCUT2D eigenvalue weighted by Crippen LogP contribution is 2.36. The summed E-state index contributed by atoms with van der Waals surface area (Å²) in [5.74, 6) is 0.0541. The molecule has 132 valence electrons. The van der Waals surface area contributed by atoms with E-state index in [4.69, 9.17) is 0 Å². The van der Waals surface area contributed by atoms with Crippen molar-refractivity contribution in [2.75, 3.05) is 19.6 Å². The van der Waals surface area contributed by atoms with Crippen molar-refractivity contribution >= 4 is 5.91 Å². The van der Waals surface area contributed by atoms with Gasteiger partial charge in [0.05, 0.1) is 0 Å². The lowest BCUT2D eigenvalue weighted by Crippen LogP contribution is -2.57. The highest BCUT2D eigenvalue weighted by atomic mass is 16.3. The Hall–Kier alpha value is -0.610. The summed E-state index contributed by atoms with van der Waals surface area (Å²) in [6, 6.07) is 0. The van der Waals surface area contributed by atoms with Gasteiger partial charge in [-0.25, -0.2) is 0 Å². The fourth-order valence-electron chi connectivity index (χ4n) is 5.03. The van der Waals surface area contributed by atoms with E-state index in [1.165, 1.54) is 64.5 Å². The molecule has 0 aromatic rings. The number of nitrogens with one attached hydrogen (secondary N) is 1. The molecule has 4 nitrogen and oxygen atoms in total. The maximum atomic E-state index is 12.4. The monoisotopic (exact) mass is 322 g/mol. The van der Waals surface area contributed by atoms with Crippen LogP contribution < -0.4 is 5.32 Å². The topological polar surface area (TPSA) is 52.6 Å². The van der Waals surface area contributed by atoms with E-state index in [1.807, 2.05) is 0 Å². The molecule has 2 N–H and O–H groups in total. The van der Waals surface area contributed by atoms with Crippen LogP contribution in [0.15, 0.2) is 0 Å². The standard InChI is InChI=1S/C19H34N2O2/c22-17(16-9-3-1-4-10-16)18(23)20-15-19(11-5-6-12-19)21-13-7-2-8-14-21/h16-17,22H,1-15H2,(H,20,23). The van der Waals surface area contributed by atoms with Crippen LogP contribution in [0.1, 0.15) is 77.0 Å². The average molecular weight is 322 g/mol. The predicted octanol–water partition coefficient (Wildman–Crippen LogP) is 2.84. The van der Waals surface area contributed by atoms with E-state index in [0.717, 1.165) is 32.2 Å². The molecule has 0 spiro atoms.